The fourth-order valence-corrected chi connectivity index (χ4v) is 3.66. The molecule has 0 radical (unpaired) electrons. The number of carbonyl (C=O) groups is 2. The largest absolute Gasteiger partial charge is 0.490 e. The first kappa shape index (κ1) is 21.2. The van der Waals surface area contributed by atoms with Crippen LogP contribution in [0.3, 0.4) is 0 Å². The van der Waals surface area contributed by atoms with Crippen molar-refractivity contribution in [3.8, 4) is 5.75 Å². The van der Waals surface area contributed by atoms with Gasteiger partial charge in [0.2, 0.25) is 0 Å². The molecule has 1 fully saturated rings. The number of carbonyl (C=O) groups excluding carboxylic acids is 2. The van der Waals surface area contributed by atoms with Crippen LogP contribution in [0, 0.1) is 5.92 Å². The third-order valence-corrected chi connectivity index (χ3v) is 4.80. The zero-order valence-corrected chi connectivity index (χ0v) is 17.0. The predicted molar refractivity (Wildman–Crippen MR) is 104 cm³/mol. The van der Waals surface area contributed by atoms with E-state index in [0.717, 1.165) is 12.8 Å². The quantitative estimate of drug-likeness (QED) is 0.722. The van der Waals surface area contributed by atoms with Gasteiger partial charge in [-0.25, -0.2) is 4.79 Å². The summed E-state index contributed by atoms with van der Waals surface area (Å²) in [6.07, 6.45) is 3.39. The van der Waals surface area contributed by atoms with Gasteiger partial charge in [-0.2, -0.15) is 0 Å². The van der Waals surface area contributed by atoms with Crippen molar-refractivity contribution < 1.29 is 23.8 Å². The summed E-state index contributed by atoms with van der Waals surface area (Å²) >= 11 is 0. The molecule has 2 rings (SSSR count). The van der Waals surface area contributed by atoms with Crippen LogP contribution in [0.2, 0.25) is 0 Å². The predicted octanol–water partition coefficient (Wildman–Crippen LogP) is 4.18. The van der Waals surface area contributed by atoms with Crippen molar-refractivity contribution in [3.05, 3.63) is 23.8 Å². The van der Waals surface area contributed by atoms with Crippen LogP contribution in [0.5, 0.6) is 5.75 Å². The van der Waals surface area contributed by atoms with Gasteiger partial charge >= 0.3 is 5.97 Å². The molecule has 0 bridgehead atoms. The van der Waals surface area contributed by atoms with E-state index in [-0.39, 0.29) is 17.6 Å². The van der Waals surface area contributed by atoms with Crippen molar-refractivity contribution in [1.29, 1.82) is 0 Å². The SMILES string of the molecule is CCO[C@@]1(C(=O)Nc2ccc(OC(C)C)c(C(=O)OC)c2)CCC[C@H](C)C1. The number of hydrogen-bond acceptors (Lipinski definition) is 5. The third kappa shape index (κ3) is 5.22. The van der Waals surface area contributed by atoms with E-state index in [1.165, 1.54) is 7.11 Å². The minimum Gasteiger partial charge on any atom is -0.490 e. The molecule has 1 amide bonds. The highest BCUT2D eigenvalue weighted by Crippen LogP contribution is 2.36. The normalized spacial score (nSPS) is 22.4. The van der Waals surface area contributed by atoms with Crippen LogP contribution in [0.4, 0.5) is 5.69 Å². The molecular weight excluding hydrogens is 346 g/mol. The summed E-state index contributed by atoms with van der Waals surface area (Å²) in [5.74, 6) is 0.195. The van der Waals surface area contributed by atoms with Crippen molar-refractivity contribution >= 4 is 17.6 Å². The maximum absolute atomic E-state index is 13.1. The molecule has 0 heterocycles. The molecule has 1 aliphatic rings. The molecule has 0 unspecified atom stereocenters. The van der Waals surface area contributed by atoms with Crippen LogP contribution < -0.4 is 10.1 Å². The molecule has 0 saturated heterocycles. The van der Waals surface area contributed by atoms with E-state index in [9.17, 15) is 9.59 Å². The molecule has 0 spiro atoms. The standard InChI is InChI=1S/C21H31NO5/c1-6-26-21(11-7-8-15(4)13-21)20(24)22-16-9-10-18(27-14(2)3)17(12-16)19(23)25-5/h9-10,12,14-15H,6-8,11,13H2,1-5H3,(H,22,24)/t15-,21-/m0/s1. The van der Waals surface area contributed by atoms with Gasteiger partial charge in [0.15, 0.2) is 0 Å². The van der Waals surface area contributed by atoms with Crippen LogP contribution >= 0.6 is 0 Å². The lowest BCUT2D eigenvalue weighted by Crippen LogP contribution is -2.48. The first-order valence-electron chi connectivity index (χ1n) is 9.65. The zero-order valence-electron chi connectivity index (χ0n) is 17.0. The van der Waals surface area contributed by atoms with E-state index in [2.05, 4.69) is 12.2 Å². The molecule has 0 aromatic heterocycles. The Labute approximate surface area is 161 Å². The number of benzene rings is 1. The Hall–Kier alpha value is -2.08. The summed E-state index contributed by atoms with van der Waals surface area (Å²) in [5.41, 5.74) is -0.00872. The highest BCUT2D eigenvalue weighted by Gasteiger charge is 2.42. The number of methoxy groups -OCH3 is 1. The molecule has 1 aromatic rings. The molecular formula is C21H31NO5. The number of nitrogens with one attached hydrogen (secondary N) is 1. The van der Waals surface area contributed by atoms with Gasteiger partial charge in [0, 0.05) is 12.3 Å². The summed E-state index contributed by atoms with van der Waals surface area (Å²) in [6, 6.07) is 5.00. The van der Waals surface area contributed by atoms with Gasteiger partial charge in [0.05, 0.1) is 13.2 Å². The number of ether oxygens (including phenoxy) is 3. The maximum Gasteiger partial charge on any atom is 0.341 e. The van der Waals surface area contributed by atoms with Gasteiger partial charge in [-0.05, 0) is 64.2 Å². The van der Waals surface area contributed by atoms with Crippen molar-refractivity contribution in [3.63, 3.8) is 0 Å². The molecule has 27 heavy (non-hydrogen) atoms. The van der Waals surface area contributed by atoms with E-state index in [0.29, 0.717) is 36.8 Å². The molecule has 1 aromatic carbocycles. The van der Waals surface area contributed by atoms with E-state index < -0.39 is 11.6 Å². The van der Waals surface area contributed by atoms with Crippen LogP contribution in [0.25, 0.3) is 0 Å². The Balaban J connectivity index is 2.26. The smallest absolute Gasteiger partial charge is 0.341 e. The Morgan fingerprint density at radius 3 is 2.67 bits per heavy atom. The second kappa shape index (κ2) is 9.22. The van der Waals surface area contributed by atoms with Gasteiger partial charge in [0.1, 0.15) is 16.9 Å². The summed E-state index contributed by atoms with van der Waals surface area (Å²) in [7, 11) is 1.32. The lowest BCUT2D eigenvalue weighted by molar-refractivity contribution is -0.147. The van der Waals surface area contributed by atoms with Crippen molar-refractivity contribution in [2.75, 3.05) is 19.0 Å². The second-order valence-electron chi connectivity index (χ2n) is 7.45. The minimum absolute atomic E-state index is 0.0844. The summed E-state index contributed by atoms with van der Waals surface area (Å²) in [5, 5.41) is 2.93. The molecule has 6 nitrogen and oxygen atoms in total. The van der Waals surface area contributed by atoms with Crippen LogP contribution in [-0.4, -0.2) is 37.3 Å². The summed E-state index contributed by atoms with van der Waals surface area (Å²) in [4.78, 5) is 25.2. The van der Waals surface area contributed by atoms with Gasteiger partial charge in [0.25, 0.3) is 5.91 Å². The van der Waals surface area contributed by atoms with Crippen LogP contribution in [-0.2, 0) is 14.3 Å². The molecule has 6 heteroatoms. The molecule has 0 aliphatic heterocycles. The average molecular weight is 377 g/mol. The number of hydrogen-bond donors (Lipinski definition) is 1. The Morgan fingerprint density at radius 2 is 2.07 bits per heavy atom. The zero-order chi connectivity index (χ0) is 20.0. The molecule has 2 atom stereocenters. The van der Waals surface area contributed by atoms with Gasteiger partial charge < -0.3 is 19.5 Å². The molecule has 150 valence electrons. The van der Waals surface area contributed by atoms with E-state index in [1.54, 1.807) is 18.2 Å². The van der Waals surface area contributed by atoms with Crippen molar-refractivity contribution in [2.24, 2.45) is 5.92 Å². The third-order valence-electron chi connectivity index (χ3n) is 4.80. The highest BCUT2D eigenvalue weighted by molar-refractivity contribution is 5.99. The monoisotopic (exact) mass is 377 g/mol. The average Bonchev–Trinajstić information content (AvgIpc) is 2.62. The van der Waals surface area contributed by atoms with E-state index in [1.807, 2.05) is 20.8 Å². The first-order chi connectivity index (χ1) is 12.8. The Kier molecular flexibility index (Phi) is 7.25. The maximum atomic E-state index is 13.1. The van der Waals surface area contributed by atoms with Crippen LogP contribution in [0.1, 0.15) is 63.7 Å². The second-order valence-corrected chi connectivity index (χ2v) is 7.45. The topological polar surface area (TPSA) is 73.9 Å². The van der Waals surface area contributed by atoms with Crippen molar-refractivity contribution in [1.82, 2.24) is 0 Å². The fraction of sp³-hybridized carbons (Fsp3) is 0.619. The highest BCUT2D eigenvalue weighted by atomic mass is 16.5. The van der Waals surface area contributed by atoms with Gasteiger partial charge in [-0.1, -0.05) is 13.3 Å². The number of rotatable bonds is 7. The molecule has 1 saturated carbocycles. The summed E-state index contributed by atoms with van der Waals surface area (Å²) in [6.45, 7) is 8.30. The number of anilines is 1. The van der Waals surface area contributed by atoms with E-state index >= 15 is 0 Å². The number of esters is 1. The lowest BCUT2D eigenvalue weighted by atomic mass is 9.78. The Bertz CT molecular complexity index is 669. The molecule has 1 aliphatic carbocycles. The first-order valence-corrected chi connectivity index (χ1v) is 9.65. The van der Waals surface area contributed by atoms with Gasteiger partial charge in [-0.3, -0.25) is 4.79 Å². The van der Waals surface area contributed by atoms with Crippen molar-refractivity contribution in [2.45, 2.75) is 65.1 Å². The molecule has 1 N–H and O–H groups in total. The Morgan fingerprint density at radius 1 is 1.33 bits per heavy atom. The lowest BCUT2D eigenvalue weighted by Gasteiger charge is -2.38. The fourth-order valence-electron chi connectivity index (χ4n) is 3.66. The van der Waals surface area contributed by atoms with Gasteiger partial charge in [-0.15, -0.1) is 0 Å². The van der Waals surface area contributed by atoms with Crippen LogP contribution in [0.15, 0.2) is 18.2 Å². The summed E-state index contributed by atoms with van der Waals surface area (Å²) < 4.78 is 16.5. The number of amides is 1. The van der Waals surface area contributed by atoms with E-state index in [4.69, 9.17) is 14.2 Å². The minimum atomic E-state index is -0.815.